The summed E-state index contributed by atoms with van der Waals surface area (Å²) in [7, 11) is 1.51. The van der Waals surface area contributed by atoms with Gasteiger partial charge in [0.1, 0.15) is 16.9 Å². The molecular formula is C22H21F3N2O4. The summed E-state index contributed by atoms with van der Waals surface area (Å²) in [6.45, 7) is 1.66. The van der Waals surface area contributed by atoms with E-state index in [1.54, 1.807) is 12.1 Å². The summed E-state index contributed by atoms with van der Waals surface area (Å²) in [4.78, 5) is 25.1. The largest absolute Gasteiger partial charge is 0.496 e. The fourth-order valence-corrected chi connectivity index (χ4v) is 3.35. The molecule has 6 nitrogen and oxygen atoms in total. The van der Waals surface area contributed by atoms with Crippen LogP contribution in [-0.2, 0) is 19.1 Å². The van der Waals surface area contributed by atoms with E-state index in [1.807, 2.05) is 6.92 Å². The van der Waals surface area contributed by atoms with E-state index in [-0.39, 0.29) is 23.4 Å². The first-order valence-electron chi connectivity index (χ1n) is 9.54. The molecule has 0 saturated carbocycles. The van der Waals surface area contributed by atoms with E-state index < -0.39 is 23.3 Å². The van der Waals surface area contributed by atoms with Crippen molar-refractivity contribution >= 4 is 22.6 Å². The van der Waals surface area contributed by atoms with E-state index in [1.165, 1.54) is 25.3 Å². The number of ether oxygens (including phenoxy) is 1. The Morgan fingerprint density at radius 1 is 1.19 bits per heavy atom. The van der Waals surface area contributed by atoms with Crippen molar-refractivity contribution in [2.24, 2.45) is 5.73 Å². The fourth-order valence-electron chi connectivity index (χ4n) is 3.35. The fraction of sp³-hybridized carbons (Fsp3) is 0.273. The second-order valence-corrected chi connectivity index (χ2v) is 6.89. The van der Waals surface area contributed by atoms with Gasteiger partial charge in [0.25, 0.3) is 5.91 Å². The molecule has 0 aliphatic rings. The van der Waals surface area contributed by atoms with Crippen LogP contribution in [0.4, 0.5) is 18.9 Å². The van der Waals surface area contributed by atoms with E-state index >= 15 is 0 Å². The number of hydrogen-bond donors (Lipinski definition) is 2. The van der Waals surface area contributed by atoms with Gasteiger partial charge in [-0.2, -0.15) is 13.2 Å². The number of aryl methyl sites for hydroxylation is 1. The molecule has 0 bridgehead atoms. The standard InChI is InChI=1S/C22H21F3N2O4/c1-3-4-15-18(30-2)8-6-12-9-16(21(29)31-19(12)15)20(28)27-14-7-5-13(11-26)17(10-14)22(23,24)25/h5-10H,3-4,11,26H2,1-2H3,(H,27,28). The van der Waals surface area contributed by atoms with Gasteiger partial charge in [0.2, 0.25) is 0 Å². The lowest BCUT2D eigenvalue weighted by molar-refractivity contribution is -0.138. The molecule has 3 aromatic rings. The Morgan fingerprint density at radius 3 is 2.55 bits per heavy atom. The van der Waals surface area contributed by atoms with E-state index in [9.17, 15) is 22.8 Å². The summed E-state index contributed by atoms with van der Waals surface area (Å²) in [5.41, 5.74) is 4.00. The van der Waals surface area contributed by atoms with Gasteiger partial charge in [0.05, 0.1) is 12.7 Å². The third-order valence-corrected chi connectivity index (χ3v) is 4.82. The van der Waals surface area contributed by atoms with Crippen molar-refractivity contribution in [3.05, 3.63) is 69.1 Å². The molecule has 2 aromatic carbocycles. The first-order valence-corrected chi connectivity index (χ1v) is 9.54. The Bertz CT molecular complexity index is 1190. The number of nitrogens with one attached hydrogen (secondary N) is 1. The first kappa shape index (κ1) is 22.4. The highest BCUT2D eigenvalue weighted by atomic mass is 19.4. The number of amides is 1. The molecule has 0 atom stereocenters. The van der Waals surface area contributed by atoms with Crippen LogP contribution in [0.1, 0.15) is 40.4 Å². The Kier molecular flexibility index (Phi) is 6.35. The second-order valence-electron chi connectivity index (χ2n) is 6.89. The minimum atomic E-state index is -4.63. The molecule has 0 aliphatic heterocycles. The average Bonchev–Trinajstić information content (AvgIpc) is 2.73. The van der Waals surface area contributed by atoms with Crippen LogP contribution in [0, 0.1) is 0 Å². The number of halogens is 3. The van der Waals surface area contributed by atoms with Gasteiger partial charge in [-0.25, -0.2) is 4.79 Å². The number of nitrogens with two attached hydrogens (primary N) is 1. The molecule has 0 unspecified atom stereocenters. The van der Waals surface area contributed by atoms with Gasteiger partial charge < -0.3 is 20.2 Å². The molecule has 0 saturated heterocycles. The zero-order valence-corrected chi connectivity index (χ0v) is 16.9. The number of rotatable bonds is 6. The topological polar surface area (TPSA) is 94.6 Å². The van der Waals surface area contributed by atoms with Crippen molar-refractivity contribution in [1.82, 2.24) is 0 Å². The molecule has 0 fully saturated rings. The Balaban J connectivity index is 2.00. The van der Waals surface area contributed by atoms with Crippen LogP contribution in [-0.4, -0.2) is 13.0 Å². The van der Waals surface area contributed by atoms with E-state index in [0.717, 1.165) is 12.5 Å². The van der Waals surface area contributed by atoms with E-state index in [4.69, 9.17) is 14.9 Å². The lowest BCUT2D eigenvalue weighted by atomic mass is 10.0. The number of hydrogen-bond acceptors (Lipinski definition) is 5. The zero-order valence-electron chi connectivity index (χ0n) is 16.9. The maximum absolute atomic E-state index is 13.2. The van der Waals surface area contributed by atoms with E-state index in [2.05, 4.69) is 5.32 Å². The maximum Gasteiger partial charge on any atom is 0.416 e. The van der Waals surface area contributed by atoms with Crippen LogP contribution in [0.25, 0.3) is 11.0 Å². The Hall–Kier alpha value is -3.33. The predicted octanol–water partition coefficient (Wildman–Crippen LogP) is 4.48. The quantitative estimate of drug-likeness (QED) is 0.558. The van der Waals surface area contributed by atoms with Gasteiger partial charge in [-0.1, -0.05) is 19.4 Å². The van der Waals surface area contributed by atoms with Crippen LogP contribution < -0.4 is 21.4 Å². The average molecular weight is 434 g/mol. The molecule has 0 spiro atoms. The highest BCUT2D eigenvalue weighted by Crippen LogP contribution is 2.34. The van der Waals surface area contributed by atoms with Crippen LogP contribution in [0.5, 0.6) is 5.75 Å². The molecule has 1 heterocycles. The minimum Gasteiger partial charge on any atom is -0.496 e. The summed E-state index contributed by atoms with van der Waals surface area (Å²) in [5.74, 6) is -0.313. The molecule has 3 N–H and O–H groups in total. The number of benzene rings is 2. The van der Waals surface area contributed by atoms with Gasteiger partial charge in [0.15, 0.2) is 0 Å². The van der Waals surface area contributed by atoms with Gasteiger partial charge in [-0.05, 0) is 42.3 Å². The molecule has 1 aromatic heterocycles. The molecule has 31 heavy (non-hydrogen) atoms. The Morgan fingerprint density at radius 2 is 1.94 bits per heavy atom. The van der Waals surface area contributed by atoms with Gasteiger partial charge in [-0.15, -0.1) is 0 Å². The van der Waals surface area contributed by atoms with Crippen LogP contribution in [0.3, 0.4) is 0 Å². The Labute approximate surface area is 175 Å². The van der Waals surface area contributed by atoms with Crippen molar-refractivity contribution < 1.29 is 27.1 Å². The van der Waals surface area contributed by atoms with Gasteiger partial charge >= 0.3 is 11.8 Å². The number of methoxy groups -OCH3 is 1. The minimum absolute atomic E-state index is 0.104. The maximum atomic E-state index is 13.2. The zero-order chi connectivity index (χ0) is 22.8. The lowest BCUT2D eigenvalue weighted by Crippen LogP contribution is -2.21. The van der Waals surface area contributed by atoms with Crippen molar-refractivity contribution in [2.45, 2.75) is 32.5 Å². The third kappa shape index (κ3) is 4.56. The summed E-state index contributed by atoms with van der Waals surface area (Å²) in [5, 5.41) is 2.83. The normalized spacial score (nSPS) is 11.5. The number of carbonyl (C=O) groups excluding carboxylic acids is 1. The molecular weight excluding hydrogens is 413 g/mol. The van der Waals surface area contributed by atoms with Crippen LogP contribution in [0.15, 0.2) is 45.6 Å². The highest BCUT2D eigenvalue weighted by Gasteiger charge is 2.33. The van der Waals surface area contributed by atoms with Crippen LogP contribution in [0.2, 0.25) is 0 Å². The van der Waals surface area contributed by atoms with Crippen molar-refractivity contribution in [3.8, 4) is 5.75 Å². The number of alkyl halides is 3. The third-order valence-electron chi connectivity index (χ3n) is 4.82. The lowest BCUT2D eigenvalue weighted by Gasteiger charge is -2.14. The summed E-state index contributed by atoms with van der Waals surface area (Å²) in [6, 6.07) is 7.97. The molecule has 0 radical (unpaired) electrons. The number of fused-ring (bicyclic) bond motifs is 1. The second kappa shape index (κ2) is 8.81. The van der Waals surface area contributed by atoms with Crippen molar-refractivity contribution in [1.29, 1.82) is 0 Å². The van der Waals surface area contributed by atoms with Crippen molar-refractivity contribution in [3.63, 3.8) is 0 Å². The van der Waals surface area contributed by atoms with Crippen molar-refractivity contribution in [2.75, 3.05) is 12.4 Å². The number of carbonyl (C=O) groups is 1. The summed E-state index contributed by atoms with van der Waals surface area (Å²) in [6.07, 6.45) is -3.25. The van der Waals surface area contributed by atoms with Crippen LogP contribution >= 0.6 is 0 Å². The molecule has 164 valence electrons. The predicted molar refractivity (Wildman–Crippen MR) is 110 cm³/mol. The molecule has 3 rings (SSSR count). The monoisotopic (exact) mass is 434 g/mol. The smallest absolute Gasteiger partial charge is 0.416 e. The van der Waals surface area contributed by atoms with Gasteiger partial charge in [0, 0.05) is 23.2 Å². The molecule has 9 heteroatoms. The SMILES string of the molecule is CCCc1c(OC)ccc2cc(C(=O)Nc3ccc(CN)c(C(F)(F)F)c3)c(=O)oc12. The summed E-state index contributed by atoms with van der Waals surface area (Å²) < 4.78 is 50.4. The highest BCUT2D eigenvalue weighted by molar-refractivity contribution is 6.05. The number of anilines is 1. The van der Waals surface area contributed by atoms with Gasteiger partial charge in [-0.3, -0.25) is 4.79 Å². The van der Waals surface area contributed by atoms with E-state index in [0.29, 0.717) is 28.7 Å². The molecule has 1 amide bonds. The first-order chi connectivity index (χ1) is 14.7. The summed E-state index contributed by atoms with van der Waals surface area (Å²) >= 11 is 0. The molecule has 0 aliphatic carbocycles.